The molecule has 0 spiro atoms. The van der Waals surface area contributed by atoms with Crippen LogP contribution in [-0.2, 0) is 9.53 Å². The third-order valence-corrected chi connectivity index (χ3v) is 4.89. The van der Waals surface area contributed by atoms with Crippen LogP contribution in [0.2, 0.25) is 0 Å². The standard InChI is InChI=1S/C15H16N2O5S/c18-12(11-8-23-13(17-11)10-1-4-22-7-10)16-9-15(14(19)20)2-5-21-6-3-15/h1,4,7-8H,2-3,5-6,9H2,(H,16,18)(H,19,20). The topological polar surface area (TPSA) is 102 Å². The molecule has 1 amide bonds. The van der Waals surface area contributed by atoms with Crippen LogP contribution in [0, 0.1) is 5.41 Å². The Bertz CT molecular complexity index is 689. The molecule has 0 aromatic carbocycles. The molecular formula is C15H16N2O5S. The Morgan fingerprint density at radius 2 is 2.17 bits per heavy atom. The van der Waals surface area contributed by atoms with Crippen LogP contribution in [-0.4, -0.2) is 41.7 Å². The molecule has 2 aromatic rings. The van der Waals surface area contributed by atoms with Crippen molar-refractivity contribution in [2.24, 2.45) is 5.41 Å². The highest BCUT2D eigenvalue weighted by molar-refractivity contribution is 7.13. The summed E-state index contributed by atoms with van der Waals surface area (Å²) in [5, 5.41) is 14.5. The first-order valence-electron chi connectivity index (χ1n) is 7.18. The molecule has 3 rings (SSSR count). The van der Waals surface area contributed by atoms with Gasteiger partial charge < -0.3 is 19.6 Å². The van der Waals surface area contributed by atoms with Crippen LogP contribution in [0.3, 0.4) is 0 Å². The Morgan fingerprint density at radius 3 is 2.83 bits per heavy atom. The number of rotatable bonds is 5. The van der Waals surface area contributed by atoms with Crippen LogP contribution >= 0.6 is 11.3 Å². The monoisotopic (exact) mass is 336 g/mol. The fraction of sp³-hybridized carbons (Fsp3) is 0.400. The minimum atomic E-state index is -0.961. The number of ether oxygens (including phenoxy) is 1. The molecule has 0 saturated carbocycles. The van der Waals surface area contributed by atoms with Crippen molar-refractivity contribution in [3.63, 3.8) is 0 Å². The SMILES string of the molecule is O=C(NCC1(C(=O)O)CCOCC1)c1csc(-c2ccoc2)n1. The lowest BCUT2D eigenvalue weighted by Gasteiger charge is -2.32. The predicted octanol–water partition coefficient (Wildman–Crippen LogP) is 2.01. The maximum atomic E-state index is 12.2. The molecule has 1 fully saturated rings. The molecule has 0 atom stereocenters. The maximum absolute atomic E-state index is 12.2. The molecule has 23 heavy (non-hydrogen) atoms. The third-order valence-electron chi connectivity index (χ3n) is 4.00. The van der Waals surface area contributed by atoms with Crippen molar-refractivity contribution in [2.45, 2.75) is 12.8 Å². The second kappa shape index (κ2) is 6.51. The Balaban J connectivity index is 1.66. The zero-order chi connectivity index (χ0) is 16.3. The molecule has 2 aromatic heterocycles. The summed E-state index contributed by atoms with van der Waals surface area (Å²) in [5.41, 5.74) is 0.122. The highest BCUT2D eigenvalue weighted by atomic mass is 32.1. The van der Waals surface area contributed by atoms with Crippen LogP contribution in [0.1, 0.15) is 23.3 Å². The number of nitrogens with one attached hydrogen (secondary N) is 1. The van der Waals surface area contributed by atoms with E-state index in [4.69, 9.17) is 9.15 Å². The van der Waals surface area contributed by atoms with Gasteiger partial charge in [-0.1, -0.05) is 0 Å². The quantitative estimate of drug-likeness (QED) is 0.866. The predicted molar refractivity (Wildman–Crippen MR) is 82.3 cm³/mol. The van der Waals surface area contributed by atoms with E-state index in [1.165, 1.54) is 17.6 Å². The van der Waals surface area contributed by atoms with E-state index in [0.29, 0.717) is 31.1 Å². The van der Waals surface area contributed by atoms with E-state index in [2.05, 4.69) is 10.3 Å². The van der Waals surface area contributed by atoms with Crippen LogP contribution < -0.4 is 5.32 Å². The van der Waals surface area contributed by atoms with E-state index in [0.717, 1.165) is 5.56 Å². The number of hydrogen-bond donors (Lipinski definition) is 2. The van der Waals surface area contributed by atoms with Crippen LogP contribution in [0.25, 0.3) is 10.6 Å². The average Bonchev–Trinajstić information content (AvgIpc) is 3.24. The highest BCUT2D eigenvalue weighted by Gasteiger charge is 2.40. The Hall–Kier alpha value is -2.19. The van der Waals surface area contributed by atoms with Crippen molar-refractivity contribution in [3.8, 4) is 10.6 Å². The molecule has 1 aliphatic rings. The number of nitrogens with zero attached hydrogens (tertiary/aromatic N) is 1. The number of carbonyl (C=O) groups excluding carboxylic acids is 1. The summed E-state index contributed by atoms with van der Waals surface area (Å²) >= 11 is 1.33. The first-order valence-corrected chi connectivity index (χ1v) is 8.06. The van der Waals surface area contributed by atoms with Gasteiger partial charge in [0, 0.05) is 30.7 Å². The molecular weight excluding hydrogens is 320 g/mol. The summed E-state index contributed by atoms with van der Waals surface area (Å²) in [6.45, 7) is 0.857. The number of carbonyl (C=O) groups is 2. The van der Waals surface area contributed by atoms with E-state index in [1.54, 1.807) is 17.7 Å². The first-order chi connectivity index (χ1) is 11.1. The lowest BCUT2D eigenvalue weighted by Crippen LogP contribution is -2.46. The summed E-state index contributed by atoms with van der Waals surface area (Å²) in [4.78, 5) is 28.0. The van der Waals surface area contributed by atoms with E-state index in [9.17, 15) is 14.7 Å². The van der Waals surface area contributed by atoms with Crippen molar-refractivity contribution in [1.82, 2.24) is 10.3 Å². The lowest BCUT2D eigenvalue weighted by molar-refractivity contribution is -0.154. The van der Waals surface area contributed by atoms with Crippen molar-refractivity contribution in [2.75, 3.05) is 19.8 Å². The Kier molecular flexibility index (Phi) is 4.44. The minimum Gasteiger partial charge on any atom is -0.481 e. The van der Waals surface area contributed by atoms with Crippen molar-refractivity contribution >= 4 is 23.2 Å². The smallest absolute Gasteiger partial charge is 0.311 e. The number of aliphatic carboxylic acids is 1. The lowest BCUT2D eigenvalue weighted by atomic mass is 9.80. The molecule has 1 saturated heterocycles. The van der Waals surface area contributed by atoms with Crippen LogP contribution in [0.5, 0.6) is 0 Å². The molecule has 0 bridgehead atoms. The summed E-state index contributed by atoms with van der Waals surface area (Å²) in [7, 11) is 0. The normalized spacial score (nSPS) is 16.9. The summed E-state index contributed by atoms with van der Waals surface area (Å²) in [6, 6.07) is 1.77. The van der Waals surface area contributed by atoms with Gasteiger partial charge in [0.25, 0.3) is 5.91 Å². The first kappa shape index (κ1) is 15.7. The molecule has 0 radical (unpaired) electrons. The number of furan rings is 1. The van der Waals surface area contributed by atoms with Gasteiger partial charge in [-0.3, -0.25) is 9.59 Å². The van der Waals surface area contributed by atoms with Gasteiger partial charge in [-0.15, -0.1) is 11.3 Å². The number of carboxylic acids is 1. The average molecular weight is 336 g/mol. The number of carboxylic acid groups (broad SMARTS) is 1. The summed E-state index contributed by atoms with van der Waals surface area (Å²) in [6.07, 6.45) is 3.88. The third kappa shape index (κ3) is 3.27. The number of aromatic nitrogens is 1. The Labute approximate surface area is 136 Å². The molecule has 3 heterocycles. The summed E-state index contributed by atoms with van der Waals surface area (Å²) < 4.78 is 10.2. The van der Waals surface area contributed by atoms with Crippen LogP contribution in [0.4, 0.5) is 0 Å². The molecule has 8 heteroatoms. The van der Waals surface area contributed by atoms with Gasteiger partial charge in [-0.2, -0.15) is 0 Å². The maximum Gasteiger partial charge on any atom is 0.311 e. The van der Waals surface area contributed by atoms with Crippen molar-refractivity contribution in [3.05, 3.63) is 29.7 Å². The van der Waals surface area contributed by atoms with E-state index in [-0.39, 0.29) is 18.1 Å². The molecule has 1 aliphatic heterocycles. The number of amides is 1. The number of thiazole rings is 1. The fourth-order valence-electron chi connectivity index (χ4n) is 2.47. The van der Waals surface area contributed by atoms with Gasteiger partial charge in [0.2, 0.25) is 0 Å². The highest BCUT2D eigenvalue weighted by Crippen LogP contribution is 2.30. The molecule has 122 valence electrons. The summed E-state index contributed by atoms with van der Waals surface area (Å²) in [5.74, 6) is -1.28. The minimum absolute atomic E-state index is 0.0725. The van der Waals surface area contributed by atoms with E-state index < -0.39 is 11.4 Å². The molecule has 2 N–H and O–H groups in total. The molecule has 7 nitrogen and oxygen atoms in total. The zero-order valence-electron chi connectivity index (χ0n) is 12.3. The second-order valence-electron chi connectivity index (χ2n) is 5.43. The van der Waals surface area contributed by atoms with Gasteiger partial charge in [-0.25, -0.2) is 4.98 Å². The second-order valence-corrected chi connectivity index (χ2v) is 6.29. The van der Waals surface area contributed by atoms with Crippen molar-refractivity contribution < 1.29 is 23.8 Å². The molecule has 0 unspecified atom stereocenters. The fourth-order valence-corrected chi connectivity index (χ4v) is 3.25. The largest absolute Gasteiger partial charge is 0.481 e. The van der Waals surface area contributed by atoms with Gasteiger partial charge >= 0.3 is 5.97 Å². The number of hydrogen-bond acceptors (Lipinski definition) is 6. The zero-order valence-corrected chi connectivity index (χ0v) is 13.1. The van der Waals surface area contributed by atoms with Gasteiger partial charge in [0.15, 0.2) is 0 Å². The van der Waals surface area contributed by atoms with Crippen molar-refractivity contribution in [1.29, 1.82) is 0 Å². The molecule has 0 aliphatic carbocycles. The van der Waals surface area contributed by atoms with E-state index in [1.807, 2.05) is 0 Å². The van der Waals surface area contributed by atoms with E-state index >= 15 is 0 Å². The van der Waals surface area contributed by atoms with Gasteiger partial charge in [0.1, 0.15) is 17.0 Å². The van der Waals surface area contributed by atoms with Gasteiger partial charge in [-0.05, 0) is 18.9 Å². The Morgan fingerprint density at radius 1 is 1.39 bits per heavy atom. The van der Waals surface area contributed by atoms with Gasteiger partial charge in [0.05, 0.1) is 11.7 Å². The van der Waals surface area contributed by atoms with Crippen LogP contribution in [0.15, 0.2) is 28.4 Å².